The van der Waals surface area contributed by atoms with Crippen molar-refractivity contribution in [3.63, 3.8) is 0 Å². The van der Waals surface area contributed by atoms with Crippen LogP contribution in [0.25, 0.3) is 0 Å². The van der Waals surface area contributed by atoms with Crippen LogP contribution >= 0.6 is 0 Å². The second-order valence-electron chi connectivity index (χ2n) is 4.35. The van der Waals surface area contributed by atoms with Gasteiger partial charge in [-0.2, -0.15) is 0 Å². The van der Waals surface area contributed by atoms with Crippen molar-refractivity contribution < 1.29 is 98.7 Å². The quantitative estimate of drug-likeness (QED) is 0.233. The van der Waals surface area contributed by atoms with Crippen LogP contribution in [0.5, 0.6) is 0 Å². The minimum Gasteiger partial charge on any atom is -0.548 e. The number of carbonyl (C=O) groups excluding carboxylic acids is 2. The molecule has 10 nitrogen and oxygen atoms in total. The third-order valence-electron chi connectivity index (χ3n) is 3.00. The van der Waals surface area contributed by atoms with Crippen LogP contribution in [0.2, 0.25) is 0 Å². The first-order valence-electron chi connectivity index (χ1n) is 5.58. The molecule has 0 bridgehead atoms. The molecule has 112 valence electrons. The molecule has 0 aromatic rings. The minimum atomic E-state index is -1.77. The van der Waals surface area contributed by atoms with Gasteiger partial charge in [-0.05, 0) is 13.0 Å². The zero-order chi connectivity index (χ0) is 15.5. The summed E-state index contributed by atoms with van der Waals surface area (Å²) in [6.07, 6.45) is -1.01. The van der Waals surface area contributed by atoms with Gasteiger partial charge in [-0.25, -0.2) is 0 Å². The topological polar surface area (TPSA) is 189 Å². The summed E-state index contributed by atoms with van der Waals surface area (Å²) >= 11 is 0. The largest absolute Gasteiger partial charge is 1.00 e. The molecule has 3 unspecified atom stereocenters. The van der Waals surface area contributed by atoms with Gasteiger partial charge < -0.3 is 35.3 Å². The van der Waals surface area contributed by atoms with E-state index < -0.39 is 47.9 Å². The van der Waals surface area contributed by atoms with Crippen LogP contribution in [0.1, 0.15) is 12.8 Å². The van der Waals surface area contributed by atoms with Crippen molar-refractivity contribution in [2.45, 2.75) is 30.5 Å². The van der Waals surface area contributed by atoms with E-state index in [2.05, 4.69) is 10.6 Å². The number of carboxylic acid groups (broad SMARTS) is 4. The van der Waals surface area contributed by atoms with Crippen LogP contribution in [-0.2, 0) is 19.2 Å². The predicted molar refractivity (Wildman–Crippen MR) is 56.0 cm³/mol. The Labute approximate surface area is 169 Å². The molecule has 12 heteroatoms. The molecule has 4 N–H and O–H groups in total. The summed E-state index contributed by atoms with van der Waals surface area (Å²) in [7, 11) is 0. The van der Waals surface area contributed by atoms with Gasteiger partial charge >= 0.3 is 71.1 Å². The van der Waals surface area contributed by atoms with E-state index in [1.54, 1.807) is 0 Å². The number of aliphatic carboxylic acids is 4. The van der Waals surface area contributed by atoms with Gasteiger partial charge in [0.05, 0.1) is 29.9 Å². The molecule has 22 heavy (non-hydrogen) atoms. The Morgan fingerprint density at radius 3 is 2.05 bits per heavy atom. The van der Waals surface area contributed by atoms with Crippen LogP contribution in [0.15, 0.2) is 0 Å². The first-order valence-corrected chi connectivity index (χ1v) is 5.58. The van der Waals surface area contributed by atoms with E-state index in [1.807, 2.05) is 0 Å². The number of rotatable bonds is 9. The maximum absolute atomic E-state index is 10.9. The molecule has 1 saturated heterocycles. The predicted octanol–water partition coefficient (Wildman–Crippen LogP) is -10.9. The minimum absolute atomic E-state index is 0. The van der Waals surface area contributed by atoms with Gasteiger partial charge in [0, 0.05) is 0 Å². The Kier molecular flexibility index (Phi) is 10.8. The molecule has 3 atom stereocenters. The van der Waals surface area contributed by atoms with Crippen LogP contribution in [0.3, 0.4) is 0 Å². The number of nitrogens with one attached hydrogen (secondary N) is 2. The van der Waals surface area contributed by atoms with Crippen molar-refractivity contribution in [3.05, 3.63) is 0 Å². The Morgan fingerprint density at radius 1 is 1.18 bits per heavy atom. The maximum atomic E-state index is 10.9. The summed E-state index contributed by atoms with van der Waals surface area (Å²) < 4.78 is 0. The van der Waals surface area contributed by atoms with E-state index in [4.69, 9.17) is 10.2 Å². The molecule has 0 saturated carbocycles. The number of hydrogen-bond donors (Lipinski definition) is 4. The van der Waals surface area contributed by atoms with Crippen LogP contribution < -0.4 is 80.0 Å². The molecule has 1 heterocycles. The van der Waals surface area contributed by atoms with Crippen molar-refractivity contribution in [2.75, 3.05) is 6.54 Å². The van der Waals surface area contributed by atoms with Gasteiger partial charge in [-0.15, -0.1) is 0 Å². The van der Waals surface area contributed by atoms with Crippen LogP contribution in [-0.4, -0.2) is 58.3 Å². The molecule has 1 aliphatic rings. The molecule has 0 amide bonds. The smallest absolute Gasteiger partial charge is 0.548 e. The Bertz CT molecular complexity index is 460. The summed E-state index contributed by atoms with van der Waals surface area (Å²) in [6.45, 7) is -0.226. The van der Waals surface area contributed by atoms with Crippen molar-refractivity contribution in [1.29, 1.82) is 0 Å². The zero-order valence-corrected chi connectivity index (χ0v) is 16.1. The van der Waals surface area contributed by atoms with Crippen molar-refractivity contribution in [1.82, 2.24) is 10.6 Å². The summed E-state index contributed by atoms with van der Waals surface area (Å²) in [5, 5.41) is 43.3. The molecule has 1 rings (SSSR count). The van der Waals surface area contributed by atoms with Crippen molar-refractivity contribution >= 4 is 23.9 Å². The van der Waals surface area contributed by atoms with Gasteiger partial charge in [0.2, 0.25) is 0 Å². The van der Waals surface area contributed by atoms with E-state index in [0.29, 0.717) is 0 Å². The zero-order valence-electron chi connectivity index (χ0n) is 12.1. The Morgan fingerprint density at radius 2 is 1.73 bits per heavy atom. The number of carboxylic acids is 4. The van der Waals surface area contributed by atoms with Gasteiger partial charge in [-0.3, -0.25) is 14.9 Å². The fraction of sp³-hybridized carbons (Fsp3) is 0.600. The van der Waals surface area contributed by atoms with E-state index in [1.165, 1.54) is 0 Å². The molecule has 0 radical (unpaired) electrons. The van der Waals surface area contributed by atoms with Gasteiger partial charge in [0.15, 0.2) is 0 Å². The second kappa shape index (κ2) is 9.83. The van der Waals surface area contributed by atoms with Gasteiger partial charge in [0.25, 0.3) is 0 Å². The SMILES string of the molecule is O=C(O)CC(NCCC1(C(=O)[O-])NC1C(=O)O)C(=O)[O-].[Na+].[Na+]. The van der Waals surface area contributed by atoms with Crippen LogP contribution in [0.4, 0.5) is 0 Å². The van der Waals surface area contributed by atoms with E-state index in [-0.39, 0.29) is 72.1 Å². The summed E-state index contributed by atoms with van der Waals surface area (Å²) in [5.74, 6) is -5.99. The average Bonchev–Trinajstić information content (AvgIpc) is 3.03. The van der Waals surface area contributed by atoms with E-state index in [9.17, 15) is 29.4 Å². The molecule has 0 aromatic carbocycles. The Hall–Kier alpha value is -0.200. The van der Waals surface area contributed by atoms with Gasteiger partial charge in [-0.1, -0.05) is 0 Å². The van der Waals surface area contributed by atoms with E-state index in [0.717, 1.165) is 0 Å². The molecule has 0 aromatic heterocycles. The average molecular weight is 334 g/mol. The fourth-order valence-corrected chi connectivity index (χ4v) is 1.84. The van der Waals surface area contributed by atoms with Crippen molar-refractivity contribution in [2.24, 2.45) is 0 Å². The standard InChI is InChI=1S/C10H14N2O8.2Na/c13-5(14)3-4(7(15)16)11-2-1-10(9(19)20)6(12-10)8(17)18;;/h4,6,11-12H,1-3H2,(H,13,14)(H,15,16)(H,17,18)(H,19,20);;/q;2*+1/p-2. The third kappa shape index (κ3) is 6.13. The monoisotopic (exact) mass is 334 g/mol. The summed E-state index contributed by atoms with van der Waals surface area (Å²) in [4.78, 5) is 42.6. The first-order chi connectivity index (χ1) is 9.20. The molecular formula is C10H12N2Na2O8. The molecular weight excluding hydrogens is 322 g/mol. The second-order valence-corrected chi connectivity index (χ2v) is 4.35. The van der Waals surface area contributed by atoms with Gasteiger partial charge in [0.1, 0.15) is 6.04 Å². The summed E-state index contributed by atoms with van der Waals surface area (Å²) in [6, 6.07) is -2.80. The molecule has 0 spiro atoms. The normalized spacial score (nSPS) is 23.4. The number of carbonyl (C=O) groups is 4. The van der Waals surface area contributed by atoms with E-state index >= 15 is 0 Å². The van der Waals surface area contributed by atoms with Crippen molar-refractivity contribution in [3.8, 4) is 0 Å². The molecule has 1 aliphatic heterocycles. The third-order valence-corrected chi connectivity index (χ3v) is 3.00. The summed E-state index contributed by atoms with van der Waals surface area (Å²) in [5.41, 5.74) is -1.77. The first kappa shape index (κ1) is 24.1. The Balaban J connectivity index is 0. The molecule has 1 fully saturated rings. The molecule has 0 aliphatic carbocycles. The van der Waals surface area contributed by atoms with Crippen LogP contribution in [0, 0.1) is 0 Å². The fourth-order valence-electron chi connectivity index (χ4n) is 1.84. The maximum Gasteiger partial charge on any atom is 1.00 e. The number of hydrogen-bond acceptors (Lipinski definition) is 8.